The summed E-state index contributed by atoms with van der Waals surface area (Å²) in [4.78, 5) is 0. The van der Waals surface area contributed by atoms with E-state index in [1.54, 1.807) is 13.2 Å². The van der Waals surface area contributed by atoms with Crippen LogP contribution < -0.4 is 10.0 Å². The van der Waals surface area contributed by atoms with Crippen molar-refractivity contribution in [3.63, 3.8) is 0 Å². The van der Waals surface area contributed by atoms with Gasteiger partial charge in [0, 0.05) is 13.7 Å². The number of thiophene rings is 1. The molecule has 1 atom stereocenters. The molecule has 0 spiro atoms. The third-order valence-electron chi connectivity index (χ3n) is 3.45. The first-order chi connectivity index (χ1) is 9.38. The van der Waals surface area contributed by atoms with Gasteiger partial charge in [-0.25, -0.2) is 13.1 Å². The van der Waals surface area contributed by atoms with Gasteiger partial charge in [0.2, 0.25) is 10.0 Å². The molecule has 5 nitrogen and oxygen atoms in total. The quantitative estimate of drug-likeness (QED) is 0.787. The van der Waals surface area contributed by atoms with Crippen LogP contribution in [0, 0.1) is 6.92 Å². The van der Waals surface area contributed by atoms with Gasteiger partial charge in [0.15, 0.2) is 0 Å². The number of nitrogens with one attached hydrogen (secondary N) is 2. The Bertz CT molecular complexity index is 546. The fraction of sp³-hybridized carbons (Fsp3) is 0.667. The van der Waals surface area contributed by atoms with Crippen LogP contribution in [-0.2, 0) is 14.8 Å². The van der Waals surface area contributed by atoms with Gasteiger partial charge >= 0.3 is 0 Å². The Morgan fingerprint density at radius 3 is 2.85 bits per heavy atom. The molecule has 2 rings (SSSR count). The number of hydrogen-bond donors (Lipinski definition) is 2. The van der Waals surface area contributed by atoms with Crippen molar-refractivity contribution in [3.8, 4) is 0 Å². The highest BCUT2D eigenvalue weighted by molar-refractivity contribution is 9.11. The maximum atomic E-state index is 12.3. The number of sulfonamides is 1. The van der Waals surface area contributed by atoms with Gasteiger partial charge in [0.1, 0.15) is 4.21 Å². The molecule has 0 saturated carbocycles. The van der Waals surface area contributed by atoms with E-state index >= 15 is 0 Å². The fourth-order valence-electron chi connectivity index (χ4n) is 2.34. The Balaban J connectivity index is 2.08. The van der Waals surface area contributed by atoms with E-state index in [9.17, 15) is 8.42 Å². The third-order valence-corrected chi connectivity index (χ3v) is 7.46. The monoisotopic (exact) mass is 382 g/mol. The molecule has 2 heterocycles. The highest BCUT2D eigenvalue weighted by atomic mass is 79.9. The molecular weight excluding hydrogens is 364 g/mol. The summed E-state index contributed by atoms with van der Waals surface area (Å²) < 4.78 is 33.7. The summed E-state index contributed by atoms with van der Waals surface area (Å²) in [6.45, 7) is 3.62. The summed E-state index contributed by atoms with van der Waals surface area (Å²) in [6.07, 6.45) is 1.95. The molecule has 8 heteroatoms. The van der Waals surface area contributed by atoms with Crippen LogP contribution in [0.4, 0.5) is 0 Å². The van der Waals surface area contributed by atoms with E-state index in [4.69, 9.17) is 4.74 Å². The zero-order valence-corrected chi connectivity index (χ0v) is 14.8. The molecule has 0 bridgehead atoms. The van der Waals surface area contributed by atoms with Crippen LogP contribution in [0.3, 0.4) is 0 Å². The molecule has 1 aromatic heterocycles. The van der Waals surface area contributed by atoms with Gasteiger partial charge in [-0.15, -0.1) is 11.3 Å². The molecule has 114 valence electrons. The van der Waals surface area contributed by atoms with E-state index in [1.165, 1.54) is 11.3 Å². The first kappa shape index (κ1) is 16.4. The summed E-state index contributed by atoms with van der Waals surface area (Å²) >= 11 is 4.59. The molecule has 1 saturated heterocycles. The Morgan fingerprint density at radius 2 is 2.35 bits per heavy atom. The van der Waals surface area contributed by atoms with Gasteiger partial charge in [-0.05, 0) is 53.9 Å². The molecule has 0 amide bonds. The molecule has 1 fully saturated rings. The topological polar surface area (TPSA) is 67.4 Å². The number of halogens is 1. The van der Waals surface area contributed by atoms with Crippen molar-refractivity contribution >= 4 is 37.3 Å². The molecule has 0 radical (unpaired) electrons. The smallest absolute Gasteiger partial charge is 0.250 e. The molecule has 1 unspecified atom stereocenters. The van der Waals surface area contributed by atoms with E-state index < -0.39 is 10.0 Å². The zero-order valence-electron chi connectivity index (χ0n) is 11.5. The number of methoxy groups -OCH3 is 1. The zero-order chi connectivity index (χ0) is 14.8. The van der Waals surface area contributed by atoms with Crippen molar-refractivity contribution in [1.82, 2.24) is 10.0 Å². The van der Waals surface area contributed by atoms with E-state index in [-0.39, 0.29) is 5.54 Å². The Kier molecular flexibility index (Phi) is 5.25. The average molecular weight is 383 g/mol. The summed E-state index contributed by atoms with van der Waals surface area (Å²) in [6, 6.07) is 1.68. The lowest BCUT2D eigenvalue weighted by Gasteiger charge is -2.28. The molecular formula is C12H19BrN2O3S2. The van der Waals surface area contributed by atoms with Crippen molar-refractivity contribution in [2.24, 2.45) is 0 Å². The Morgan fingerprint density at radius 1 is 1.60 bits per heavy atom. The molecule has 1 aliphatic heterocycles. The van der Waals surface area contributed by atoms with E-state index in [2.05, 4.69) is 26.0 Å². The normalized spacial score (nSPS) is 23.4. The van der Waals surface area contributed by atoms with Gasteiger partial charge in [-0.3, -0.25) is 0 Å². The second-order valence-electron chi connectivity index (χ2n) is 5.09. The minimum absolute atomic E-state index is 0.286. The first-order valence-electron chi connectivity index (χ1n) is 6.38. The molecule has 1 aromatic rings. The van der Waals surface area contributed by atoms with Crippen LogP contribution in [0.25, 0.3) is 0 Å². The van der Waals surface area contributed by atoms with Gasteiger partial charge in [-0.2, -0.15) is 0 Å². The van der Waals surface area contributed by atoms with E-state index in [1.807, 2.05) is 6.92 Å². The lowest BCUT2D eigenvalue weighted by molar-refractivity contribution is 0.122. The molecule has 0 aromatic carbocycles. The predicted octanol–water partition coefficient (Wildman–Crippen LogP) is 1.87. The van der Waals surface area contributed by atoms with Crippen LogP contribution in [0.15, 0.2) is 14.1 Å². The van der Waals surface area contributed by atoms with Crippen LogP contribution in [0.1, 0.15) is 18.4 Å². The number of hydrogen-bond acceptors (Lipinski definition) is 5. The maximum absolute atomic E-state index is 12.3. The molecule has 1 aliphatic rings. The minimum atomic E-state index is -3.46. The molecule has 20 heavy (non-hydrogen) atoms. The SMILES string of the molecule is COCC1(CNS(=O)(=O)c2cc(C)c(Br)s2)CCCN1. The predicted molar refractivity (Wildman–Crippen MR) is 83.8 cm³/mol. The van der Waals surface area contributed by atoms with Crippen LogP contribution in [0.2, 0.25) is 0 Å². The van der Waals surface area contributed by atoms with Crippen LogP contribution in [-0.4, -0.2) is 40.8 Å². The number of ether oxygens (including phenoxy) is 1. The van der Waals surface area contributed by atoms with Crippen molar-refractivity contribution in [3.05, 3.63) is 15.4 Å². The van der Waals surface area contributed by atoms with Crippen molar-refractivity contribution in [2.45, 2.75) is 29.5 Å². The Labute approximate surface area is 132 Å². The highest BCUT2D eigenvalue weighted by Crippen LogP contribution is 2.30. The average Bonchev–Trinajstić information content (AvgIpc) is 2.97. The second kappa shape index (κ2) is 6.41. The second-order valence-corrected chi connectivity index (χ2v) is 9.45. The summed E-state index contributed by atoms with van der Waals surface area (Å²) in [5.41, 5.74) is 0.645. The van der Waals surface area contributed by atoms with Crippen molar-refractivity contribution in [2.75, 3.05) is 26.8 Å². The highest BCUT2D eigenvalue weighted by Gasteiger charge is 2.35. The third kappa shape index (κ3) is 3.61. The van der Waals surface area contributed by atoms with Crippen LogP contribution >= 0.6 is 27.3 Å². The van der Waals surface area contributed by atoms with Crippen molar-refractivity contribution in [1.29, 1.82) is 0 Å². The van der Waals surface area contributed by atoms with Gasteiger partial charge in [-0.1, -0.05) is 0 Å². The summed E-state index contributed by atoms with van der Waals surface area (Å²) in [5, 5.41) is 3.35. The van der Waals surface area contributed by atoms with E-state index in [0.29, 0.717) is 17.4 Å². The van der Waals surface area contributed by atoms with Crippen LogP contribution in [0.5, 0.6) is 0 Å². The van der Waals surface area contributed by atoms with Crippen molar-refractivity contribution < 1.29 is 13.2 Å². The van der Waals surface area contributed by atoms with E-state index in [0.717, 1.165) is 28.7 Å². The first-order valence-corrected chi connectivity index (χ1v) is 9.47. The number of aryl methyl sites for hydroxylation is 1. The van der Waals surface area contributed by atoms with Gasteiger partial charge in [0.05, 0.1) is 15.9 Å². The van der Waals surface area contributed by atoms with Gasteiger partial charge in [0.25, 0.3) is 0 Å². The molecule has 2 N–H and O–H groups in total. The summed E-state index contributed by atoms with van der Waals surface area (Å²) in [5.74, 6) is 0. The standard InChI is InChI=1S/C12H19BrN2O3S2/c1-9-6-10(19-11(9)13)20(16,17)15-7-12(8-18-2)4-3-5-14-12/h6,14-15H,3-5,7-8H2,1-2H3. The molecule has 0 aliphatic carbocycles. The fourth-order valence-corrected chi connectivity index (χ4v) is 5.74. The number of rotatable bonds is 6. The summed E-state index contributed by atoms with van der Waals surface area (Å²) in [7, 11) is -1.83. The lowest BCUT2D eigenvalue weighted by atomic mass is 9.99. The minimum Gasteiger partial charge on any atom is -0.383 e. The largest absolute Gasteiger partial charge is 0.383 e. The maximum Gasteiger partial charge on any atom is 0.250 e. The lowest BCUT2D eigenvalue weighted by Crippen LogP contribution is -2.52. The Hall–Kier alpha value is 0.01000. The van der Waals surface area contributed by atoms with Gasteiger partial charge < -0.3 is 10.1 Å².